The number of hydrogen-bond donors (Lipinski definition) is 2. The summed E-state index contributed by atoms with van der Waals surface area (Å²) in [6.45, 7) is 1.75. The Morgan fingerprint density at radius 3 is 2.71 bits per heavy atom. The molecule has 1 rings (SSSR count). The molecular weight excluding hydrogens is 252 g/mol. The van der Waals surface area contributed by atoms with Crippen LogP contribution in [0.25, 0.3) is 0 Å². The summed E-state index contributed by atoms with van der Waals surface area (Å²) in [5, 5.41) is 21.3. The lowest BCUT2D eigenvalue weighted by molar-refractivity contribution is 0.371. The number of thioether (sulfide) groups is 1. The Morgan fingerprint density at radius 2 is 2.24 bits per heavy atom. The number of nitrogens with zero attached hydrogens (tertiary/aromatic N) is 2. The molecule has 2 atom stereocenters. The second-order valence-electron chi connectivity index (χ2n) is 3.97. The number of nitrogens with two attached hydrogens (primary N) is 1. The summed E-state index contributed by atoms with van der Waals surface area (Å²) in [5.74, 6) is 0.840. The summed E-state index contributed by atoms with van der Waals surface area (Å²) in [7, 11) is 0. The highest BCUT2D eigenvalue weighted by Crippen LogP contribution is 2.37. The predicted octanol–water partition coefficient (Wildman–Crippen LogP) is 1.30. The number of nitrogens with one attached hydrogen (secondary N) is 1. The van der Waals surface area contributed by atoms with Crippen LogP contribution in [0.15, 0.2) is 11.1 Å². The van der Waals surface area contributed by atoms with E-state index in [1.807, 2.05) is 6.26 Å². The first kappa shape index (κ1) is 14.0. The molecule has 4 nitrogen and oxygen atoms in total. The van der Waals surface area contributed by atoms with E-state index in [0.717, 1.165) is 11.3 Å². The Hall–Kier alpha value is -1.08. The maximum atomic E-state index is 9.33. The van der Waals surface area contributed by atoms with Crippen molar-refractivity contribution in [2.24, 2.45) is 11.1 Å². The molecule has 1 aliphatic rings. The molecule has 0 spiro atoms. The molecule has 3 N–H and O–H groups in total. The van der Waals surface area contributed by atoms with Crippen LogP contribution in [-0.4, -0.2) is 23.2 Å². The zero-order valence-electron chi connectivity index (χ0n) is 9.78. The minimum atomic E-state index is -0.872. The van der Waals surface area contributed by atoms with Gasteiger partial charge in [-0.25, -0.2) is 0 Å². The molecule has 17 heavy (non-hydrogen) atoms. The molecule has 2 unspecified atom stereocenters. The largest absolute Gasteiger partial charge is 0.358 e. The number of rotatable bonds is 3. The highest BCUT2D eigenvalue weighted by Gasteiger charge is 2.42. The van der Waals surface area contributed by atoms with Crippen molar-refractivity contribution in [3.63, 3.8) is 0 Å². The van der Waals surface area contributed by atoms with Gasteiger partial charge < -0.3 is 11.1 Å². The summed E-state index contributed by atoms with van der Waals surface area (Å²) in [4.78, 5) is 0.351. The van der Waals surface area contributed by atoms with E-state index < -0.39 is 11.6 Å². The minimum absolute atomic E-state index is 0.351. The van der Waals surface area contributed by atoms with E-state index >= 15 is 0 Å². The number of thiocarbonyl (C=S) groups is 1. The van der Waals surface area contributed by atoms with Crippen molar-refractivity contribution in [2.45, 2.75) is 19.5 Å². The van der Waals surface area contributed by atoms with Gasteiger partial charge in [0.25, 0.3) is 0 Å². The summed E-state index contributed by atoms with van der Waals surface area (Å²) >= 11 is 6.76. The van der Waals surface area contributed by atoms with Crippen molar-refractivity contribution in [3.05, 3.63) is 11.1 Å². The minimum Gasteiger partial charge on any atom is -0.358 e. The third-order valence-electron chi connectivity index (χ3n) is 2.96. The molecule has 1 aliphatic heterocycles. The van der Waals surface area contributed by atoms with Crippen LogP contribution >= 0.6 is 24.0 Å². The highest BCUT2D eigenvalue weighted by molar-refractivity contribution is 7.98. The van der Waals surface area contributed by atoms with E-state index in [0.29, 0.717) is 17.0 Å². The average Bonchev–Trinajstić information content (AvgIpc) is 2.31. The highest BCUT2D eigenvalue weighted by atomic mass is 32.2. The van der Waals surface area contributed by atoms with Gasteiger partial charge in [-0.1, -0.05) is 12.2 Å². The second kappa shape index (κ2) is 5.50. The first-order valence-electron chi connectivity index (χ1n) is 5.11. The molecule has 0 saturated carbocycles. The average molecular weight is 266 g/mol. The van der Waals surface area contributed by atoms with Gasteiger partial charge >= 0.3 is 0 Å². The fourth-order valence-electron chi connectivity index (χ4n) is 1.79. The Balaban J connectivity index is 3.30. The van der Waals surface area contributed by atoms with E-state index in [1.165, 1.54) is 0 Å². The van der Waals surface area contributed by atoms with E-state index in [2.05, 4.69) is 17.5 Å². The summed E-state index contributed by atoms with van der Waals surface area (Å²) in [6, 6.07) is 4.29. The van der Waals surface area contributed by atoms with E-state index in [9.17, 15) is 5.26 Å². The van der Waals surface area contributed by atoms with Gasteiger partial charge in [-0.15, -0.1) is 0 Å². The molecule has 1 heterocycles. The van der Waals surface area contributed by atoms with Crippen LogP contribution in [-0.2, 0) is 0 Å². The van der Waals surface area contributed by atoms with Crippen molar-refractivity contribution in [2.75, 3.05) is 12.0 Å². The topological polar surface area (TPSA) is 85.6 Å². The van der Waals surface area contributed by atoms with Crippen molar-refractivity contribution < 1.29 is 0 Å². The molecule has 0 aliphatic carbocycles. The molecule has 0 aromatic rings. The van der Waals surface area contributed by atoms with E-state index in [4.69, 9.17) is 23.2 Å². The molecule has 0 radical (unpaired) electrons. The first-order chi connectivity index (χ1) is 8.01. The summed E-state index contributed by atoms with van der Waals surface area (Å²) < 4.78 is 0. The van der Waals surface area contributed by atoms with E-state index in [1.54, 1.807) is 18.7 Å². The van der Waals surface area contributed by atoms with Crippen LogP contribution in [0.2, 0.25) is 0 Å². The van der Waals surface area contributed by atoms with Gasteiger partial charge in [-0.3, -0.25) is 0 Å². The molecule has 0 bridgehead atoms. The Morgan fingerprint density at radius 1 is 1.59 bits per heavy atom. The zero-order chi connectivity index (χ0) is 13.1. The van der Waals surface area contributed by atoms with Crippen LogP contribution in [0.1, 0.15) is 13.3 Å². The fourth-order valence-corrected chi connectivity index (χ4v) is 2.49. The van der Waals surface area contributed by atoms with Gasteiger partial charge in [0.15, 0.2) is 0 Å². The lowest BCUT2D eigenvalue weighted by Crippen LogP contribution is -2.56. The monoisotopic (exact) mass is 266 g/mol. The van der Waals surface area contributed by atoms with Crippen molar-refractivity contribution in [1.82, 2.24) is 5.32 Å². The van der Waals surface area contributed by atoms with Crippen molar-refractivity contribution >= 4 is 29.0 Å². The third kappa shape index (κ3) is 2.44. The summed E-state index contributed by atoms with van der Waals surface area (Å²) in [6.07, 6.45) is 2.08. The molecule has 0 aromatic carbocycles. The van der Waals surface area contributed by atoms with E-state index in [-0.39, 0.29) is 0 Å². The van der Waals surface area contributed by atoms with Crippen LogP contribution in [0, 0.1) is 28.1 Å². The molecule has 90 valence electrons. The van der Waals surface area contributed by atoms with Gasteiger partial charge in [0.1, 0.15) is 16.5 Å². The smallest absolute Gasteiger partial charge is 0.118 e. The lowest BCUT2D eigenvalue weighted by atomic mass is 9.74. The van der Waals surface area contributed by atoms with Gasteiger partial charge in [0, 0.05) is 0 Å². The zero-order valence-corrected chi connectivity index (χ0v) is 11.4. The standard InChI is InChI=1S/C11H14N4S2/c1-11(6-13)8(3-4-17-2)7(5-12)9(16)15-10(11)14/h10H,3-4,14H2,1-2H3,(H,15,16). The maximum Gasteiger partial charge on any atom is 0.118 e. The molecule has 0 amide bonds. The van der Waals surface area contributed by atoms with Crippen molar-refractivity contribution in [1.29, 1.82) is 10.5 Å². The molecular formula is C11H14N4S2. The molecule has 0 aromatic heterocycles. The van der Waals surface area contributed by atoms with Gasteiger partial charge in [-0.2, -0.15) is 22.3 Å². The SMILES string of the molecule is CSCCC1=C(C#N)C(=S)NC(N)C1(C)C#N. The Kier molecular flexibility index (Phi) is 4.53. The maximum absolute atomic E-state index is 9.33. The van der Waals surface area contributed by atoms with Crippen LogP contribution in [0.4, 0.5) is 0 Å². The predicted molar refractivity (Wildman–Crippen MR) is 73.1 cm³/mol. The molecule has 6 heteroatoms. The first-order valence-corrected chi connectivity index (χ1v) is 6.91. The second-order valence-corrected chi connectivity index (χ2v) is 5.37. The van der Waals surface area contributed by atoms with Crippen LogP contribution in [0.5, 0.6) is 0 Å². The van der Waals surface area contributed by atoms with Crippen LogP contribution in [0.3, 0.4) is 0 Å². The third-order valence-corrected chi connectivity index (χ3v) is 3.90. The van der Waals surface area contributed by atoms with Gasteiger partial charge in [0.2, 0.25) is 0 Å². The molecule has 0 saturated heterocycles. The van der Waals surface area contributed by atoms with Crippen molar-refractivity contribution in [3.8, 4) is 12.1 Å². The summed E-state index contributed by atoms with van der Waals surface area (Å²) in [5.41, 5.74) is 6.21. The number of hydrogen-bond acceptors (Lipinski definition) is 5. The lowest BCUT2D eigenvalue weighted by Gasteiger charge is -2.37. The number of nitriles is 2. The normalized spacial score (nSPS) is 28.3. The van der Waals surface area contributed by atoms with Crippen LogP contribution < -0.4 is 11.1 Å². The Bertz CT molecular complexity index is 443. The fraction of sp³-hybridized carbons (Fsp3) is 0.545. The van der Waals surface area contributed by atoms with Gasteiger partial charge in [0.05, 0.1) is 17.8 Å². The Labute approximate surface area is 111 Å². The molecule has 0 fully saturated rings. The van der Waals surface area contributed by atoms with Gasteiger partial charge in [-0.05, 0) is 30.9 Å². The quantitative estimate of drug-likeness (QED) is 0.749.